The van der Waals surface area contributed by atoms with E-state index in [9.17, 15) is 18.0 Å². The third-order valence-corrected chi connectivity index (χ3v) is 7.28. The van der Waals surface area contributed by atoms with E-state index in [0.717, 1.165) is 22.9 Å². The summed E-state index contributed by atoms with van der Waals surface area (Å²) in [6, 6.07) is 15.4. The number of amides is 2. The number of carbonyl (C=O) groups excluding carboxylic acids is 2. The van der Waals surface area contributed by atoms with Crippen molar-refractivity contribution >= 4 is 21.8 Å². The number of carbonyl (C=O) groups is 2. The highest BCUT2D eigenvalue weighted by Crippen LogP contribution is 2.19. The second-order valence-corrected chi connectivity index (χ2v) is 10.1. The average molecular weight is 460 g/mol. The first-order chi connectivity index (χ1) is 15.3. The van der Waals surface area contributed by atoms with Crippen molar-refractivity contribution in [3.05, 3.63) is 60.2 Å². The molecule has 3 rings (SSSR count). The number of likely N-dealkylation sites (tertiary alicyclic amines) is 1. The van der Waals surface area contributed by atoms with Crippen LogP contribution in [-0.4, -0.2) is 69.8 Å². The van der Waals surface area contributed by atoms with Gasteiger partial charge in [-0.05, 0) is 49.1 Å². The monoisotopic (exact) mass is 459 g/mol. The summed E-state index contributed by atoms with van der Waals surface area (Å²) in [6.07, 6.45) is 1.69. The van der Waals surface area contributed by atoms with Crippen LogP contribution < -0.4 is 10.1 Å². The lowest BCUT2D eigenvalue weighted by Gasteiger charge is -2.32. The fourth-order valence-corrected chi connectivity index (χ4v) is 4.41. The number of hydrogen-bond donors (Lipinski definition) is 1. The van der Waals surface area contributed by atoms with Crippen LogP contribution in [0, 0.1) is 5.92 Å². The summed E-state index contributed by atoms with van der Waals surface area (Å²) in [4.78, 5) is 26.7. The fraction of sp³-hybridized carbons (Fsp3) is 0.391. The van der Waals surface area contributed by atoms with E-state index in [4.69, 9.17) is 4.74 Å². The van der Waals surface area contributed by atoms with Gasteiger partial charge in [-0.3, -0.25) is 9.59 Å². The van der Waals surface area contributed by atoms with Crippen molar-refractivity contribution in [3.8, 4) is 5.75 Å². The maximum absolute atomic E-state index is 12.5. The molecule has 0 unspecified atom stereocenters. The summed E-state index contributed by atoms with van der Waals surface area (Å²) < 4.78 is 31.4. The molecule has 1 aliphatic rings. The largest absolute Gasteiger partial charge is 0.493 e. The van der Waals surface area contributed by atoms with Gasteiger partial charge in [0, 0.05) is 32.7 Å². The number of hydrogen-bond acceptors (Lipinski definition) is 5. The standard InChI is InChI=1S/C23H29N3O5S/c1-25(2)32(29,30)21-10-6-7-19(15-21)23(28)24-16-22(27)26-13-11-18(12-14-26)17-31-20-8-4-3-5-9-20/h3-10,15,18H,11-14,16-17H2,1-2H3,(H,24,28). The zero-order valence-electron chi connectivity index (χ0n) is 18.4. The van der Waals surface area contributed by atoms with Gasteiger partial charge in [0.15, 0.2) is 0 Å². The lowest BCUT2D eigenvalue weighted by atomic mass is 9.98. The Bertz CT molecular complexity index is 1030. The van der Waals surface area contributed by atoms with Gasteiger partial charge in [-0.1, -0.05) is 24.3 Å². The van der Waals surface area contributed by atoms with E-state index >= 15 is 0 Å². The Morgan fingerprint density at radius 3 is 2.41 bits per heavy atom. The molecular formula is C23H29N3O5S. The molecule has 0 aromatic heterocycles. The molecule has 1 N–H and O–H groups in total. The Hall–Kier alpha value is -2.91. The number of piperidine rings is 1. The second kappa shape index (κ2) is 10.6. The van der Waals surface area contributed by atoms with Crippen LogP contribution in [0.4, 0.5) is 0 Å². The molecule has 0 bridgehead atoms. The van der Waals surface area contributed by atoms with E-state index in [-0.39, 0.29) is 22.9 Å². The van der Waals surface area contributed by atoms with Crippen LogP contribution in [0.2, 0.25) is 0 Å². The normalized spacial score (nSPS) is 14.9. The van der Waals surface area contributed by atoms with Gasteiger partial charge in [0.05, 0.1) is 18.0 Å². The summed E-state index contributed by atoms with van der Waals surface area (Å²) in [5.41, 5.74) is 0.192. The Morgan fingerprint density at radius 2 is 1.75 bits per heavy atom. The maximum atomic E-state index is 12.5. The molecule has 8 nitrogen and oxygen atoms in total. The van der Waals surface area contributed by atoms with Crippen LogP contribution >= 0.6 is 0 Å². The molecule has 32 heavy (non-hydrogen) atoms. The highest BCUT2D eigenvalue weighted by atomic mass is 32.2. The second-order valence-electron chi connectivity index (χ2n) is 7.95. The van der Waals surface area contributed by atoms with Crippen molar-refractivity contribution in [3.63, 3.8) is 0 Å². The van der Waals surface area contributed by atoms with E-state index < -0.39 is 15.9 Å². The van der Waals surface area contributed by atoms with Crippen LogP contribution in [-0.2, 0) is 14.8 Å². The summed E-state index contributed by atoms with van der Waals surface area (Å²) in [5, 5.41) is 2.60. The van der Waals surface area contributed by atoms with Crippen molar-refractivity contribution in [2.75, 3.05) is 40.3 Å². The topological polar surface area (TPSA) is 96.0 Å². The van der Waals surface area contributed by atoms with Crippen molar-refractivity contribution in [2.24, 2.45) is 5.92 Å². The van der Waals surface area contributed by atoms with Crippen LogP contribution in [0.3, 0.4) is 0 Å². The van der Waals surface area contributed by atoms with Gasteiger partial charge in [-0.25, -0.2) is 12.7 Å². The van der Waals surface area contributed by atoms with Gasteiger partial charge in [-0.2, -0.15) is 0 Å². The van der Waals surface area contributed by atoms with Gasteiger partial charge in [0.25, 0.3) is 5.91 Å². The van der Waals surface area contributed by atoms with E-state index in [0.29, 0.717) is 25.6 Å². The predicted octanol–water partition coefficient (Wildman–Crippen LogP) is 1.98. The van der Waals surface area contributed by atoms with Crippen molar-refractivity contribution in [2.45, 2.75) is 17.7 Å². The fourth-order valence-electron chi connectivity index (χ4n) is 3.46. The van der Waals surface area contributed by atoms with Crippen LogP contribution in [0.5, 0.6) is 5.75 Å². The average Bonchev–Trinajstić information content (AvgIpc) is 2.82. The minimum atomic E-state index is -3.64. The molecule has 2 amide bonds. The number of ether oxygens (including phenoxy) is 1. The zero-order valence-corrected chi connectivity index (χ0v) is 19.2. The zero-order chi connectivity index (χ0) is 23.1. The Morgan fingerprint density at radius 1 is 1.06 bits per heavy atom. The summed E-state index contributed by atoms with van der Waals surface area (Å²) in [5.74, 6) is 0.588. The third kappa shape index (κ3) is 6.08. The van der Waals surface area contributed by atoms with Gasteiger partial charge in [0.1, 0.15) is 5.75 Å². The number of nitrogens with zero attached hydrogens (tertiary/aromatic N) is 2. The Labute approximate surface area is 189 Å². The molecule has 9 heteroatoms. The Balaban J connectivity index is 1.45. The number of para-hydroxylation sites is 1. The van der Waals surface area contributed by atoms with E-state index in [2.05, 4.69) is 5.32 Å². The third-order valence-electron chi connectivity index (χ3n) is 5.47. The van der Waals surface area contributed by atoms with E-state index in [1.807, 2.05) is 30.3 Å². The molecule has 0 radical (unpaired) electrons. The molecule has 0 atom stereocenters. The minimum Gasteiger partial charge on any atom is -0.493 e. The summed E-state index contributed by atoms with van der Waals surface area (Å²) in [7, 11) is -0.785. The molecule has 0 saturated carbocycles. The Kier molecular flexibility index (Phi) is 7.87. The molecule has 1 heterocycles. The lowest BCUT2D eigenvalue weighted by molar-refractivity contribution is -0.131. The predicted molar refractivity (Wildman–Crippen MR) is 121 cm³/mol. The van der Waals surface area contributed by atoms with Gasteiger partial charge in [0.2, 0.25) is 15.9 Å². The number of sulfonamides is 1. The van der Waals surface area contributed by atoms with Crippen LogP contribution in [0.1, 0.15) is 23.2 Å². The molecule has 1 fully saturated rings. The maximum Gasteiger partial charge on any atom is 0.251 e. The smallest absolute Gasteiger partial charge is 0.251 e. The summed E-state index contributed by atoms with van der Waals surface area (Å²) >= 11 is 0. The van der Waals surface area contributed by atoms with Crippen LogP contribution in [0.15, 0.2) is 59.5 Å². The number of rotatable bonds is 8. The van der Waals surface area contributed by atoms with Crippen molar-refractivity contribution in [1.82, 2.24) is 14.5 Å². The van der Waals surface area contributed by atoms with Crippen molar-refractivity contribution < 1.29 is 22.7 Å². The molecule has 0 spiro atoms. The van der Waals surface area contributed by atoms with Crippen LogP contribution in [0.25, 0.3) is 0 Å². The molecule has 1 aliphatic heterocycles. The first-order valence-corrected chi connectivity index (χ1v) is 12.0. The first-order valence-electron chi connectivity index (χ1n) is 10.5. The number of benzene rings is 2. The molecule has 2 aromatic carbocycles. The SMILES string of the molecule is CN(C)S(=O)(=O)c1cccc(C(=O)NCC(=O)N2CCC(COc3ccccc3)CC2)c1. The first kappa shape index (κ1) is 23.7. The van der Waals surface area contributed by atoms with Gasteiger partial charge in [-0.15, -0.1) is 0 Å². The van der Waals surface area contributed by atoms with Crippen molar-refractivity contribution in [1.29, 1.82) is 0 Å². The molecular weight excluding hydrogens is 430 g/mol. The number of nitrogens with one attached hydrogen (secondary N) is 1. The molecule has 1 saturated heterocycles. The highest BCUT2D eigenvalue weighted by molar-refractivity contribution is 7.89. The summed E-state index contributed by atoms with van der Waals surface area (Å²) in [6.45, 7) is 1.73. The molecule has 0 aliphatic carbocycles. The lowest BCUT2D eigenvalue weighted by Crippen LogP contribution is -2.44. The molecule has 2 aromatic rings. The highest BCUT2D eigenvalue weighted by Gasteiger charge is 2.24. The van der Waals surface area contributed by atoms with E-state index in [1.54, 1.807) is 4.90 Å². The minimum absolute atomic E-state index is 0.0290. The molecule has 172 valence electrons. The van der Waals surface area contributed by atoms with Gasteiger partial charge < -0.3 is 15.0 Å². The van der Waals surface area contributed by atoms with E-state index in [1.165, 1.54) is 38.4 Å². The van der Waals surface area contributed by atoms with Gasteiger partial charge >= 0.3 is 0 Å². The quantitative estimate of drug-likeness (QED) is 0.651.